The summed E-state index contributed by atoms with van der Waals surface area (Å²) in [4.78, 5) is 34.6. The van der Waals surface area contributed by atoms with Crippen LogP contribution in [0.1, 0.15) is 38.9 Å². The lowest BCUT2D eigenvalue weighted by atomic mass is 9.94. The lowest BCUT2D eigenvalue weighted by molar-refractivity contribution is 0.0712. The molecule has 4 aromatic rings. The van der Waals surface area contributed by atoms with Crippen molar-refractivity contribution in [3.8, 4) is 0 Å². The fraction of sp³-hybridized carbons (Fsp3) is 0.160. The summed E-state index contributed by atoms with van der Waals surface area (Å²) in [5.74, 6) is 0.0571. The summed E-state index contributed by atoms with van der Waals surface area (Å²) in [6.07, 6.45) is 0.173. The van der Waals surface area contributed by atoms with Crippen LogP contribution in [0.25, 0.3) is 11.0 Å². The van der Waals surface area contributed by atoms with E-state index in [0.717, 1.165) is 16.7 Å². The Bertz CT molecular complexity index is 1300. The van der Waals surface area contributed by atoms with Crippen LogP contribution in [0.3, 0.4) is 0 Å². The van der Waals surface area contributed by atoms with Gasteiger partial charge in [-0.3, -0.25) is 9.69 Å². The first-order valence-electron chi connectivity index (χ1n) is 10.4. The van der Waals surface area contributed by atoms with Crippen LogP contribution in [0.4, 0.5) is 4.79 Å². The van der Waals surface area contributed by atoms with Crippen LogP contribution >= 0.6 is 0 Å². The van der Waals surface area contributed by atoms with Crippen LogP contribution in [0.5, 0.6) is 0 Å². The average Bonchev–Trinajstić information content (AvgIpc) is 3.26. The number of carbonyl (C=O) groups excluding carboxylic acids is 2. The largest absolute Gasteiger partial charge is 0.445 e. The van der Waals surface area contributed by atoms with Gasteiger partial charge >= 0.3 is 6.09 Å². The molecule has 7 heteroatoms. The number of nitrogens with one attached hydrogen (secondary N) is 1. The maximum Gasteiger partial charge on any atom is 0.411 e. The number of hydrogen-bond donors (Lipinski definition) is 2. The standard InChI is InChI=1S/C25H22N4O3/c26-23(30)19-11-6-12-20-22(19)28-24(27-20)21-13-17-9-4-5-10-18(17)14-29(21)25(31)32-15-16-7-2-1-3-8-16/h1-12,21H,13-15H2,(H2,26,30)(H,27,28)/t21-/m0/s1. The molecule has 2 heterocycles. The molecule has 1 aliphatic heterocycles. The molecular formula is C25H22N4O3. The van der Waals surface area contributed by atoms with E-state index in [9.17, 15) is 9.59 Å². The zero-order valence-electron chi connectivity index (χ0n) is 17.3. The van der Waals surface area contributed by atoms with Crippen LogP contribution in [-0.2, 0) is 24.3 Å². The van der Waals surface area contributed by atoms with E-state index in [1.54, 1.807) is 17.0 Å². The topological polar surface area (TPSA) is 101 Å². The molecule has 1 aliphatic rings. The zero-order valence-corrected chi connectivity index (χ0v) is 17.3. The third-order valence-electron chi connectivity index (χ3n) is 5.80. The Hall–Kier alpha value is -4.13. The van der Waals surface area contributed by atoms with E-state index in [4.69, 9.17) is 10.5 Å². The maximum atomic E-state index is 13.1. The molecule has 160 valence electrons. The number of primary amides is 1. The van der Waals surface area contributed by atoms with Crippen molar-refractivity contribution in [2.75, 3.05) is 0 Å². The second-order valence-corrected chi connectivity index (χ2v) is 7.84. The van der Waals surface area contributed by atoms with Gasteiger partial charge in [0.05, 0.1) is 23.7 Å². The molecule has 0 radical (unpaired) electrons. The molecule has 0 aliphatic carbocycles. The summed E-state index contributed by atoms with van der Waals surface area (Å²) < 4.78 is 5.64. The quantitative estimate of drug-likeness (QED) is 0.513. The van der Waals surface area contributed by atoms with E-state index in [1.165, 1.54) is 0 Å². The number of carbonyl (C=O) groups is 2. The van der Waals surface area contributed by atoms with E-state index < -0.39 is 12.0 Å². The number of rotatable bonds is 4. The third kappa shape index (κ3) is 3.69. The number of ether oxygens (including phenoxy) is 1. The van der Waals surface area contributed by atoms with E-state index >= 15 is 0 Å². The van der Waals surface area contributed by atoms with Gasteiger partial charge in [0.1, 0.15) is 17.9 Å². The van der Waals surface area contributed by atoms with Crippen LogP contribution in [0.15, 0.2) is 72.8 Å². The predicted molar refractivity (Wildman–Crippen MR) is 120 cm³/mol. The lowest BCUT2D eigenvalue weighted by Crippen LogP contribution is -2.39. The number of imidazole rings is 1. The monoisotopic (exact) mass is 426 g/mol. The first-order chi connectivity index (χ1) is 15.6. The van der Waals surface area contributed by atoms with Crippen molar-refractivity contribution < 1.29 is 14.3 Å². The molecule has 32 heavy (non-hydrogen) atoms. The smallest absolute Gasteiger partial charge is 0.411 e. The first-order valence-corrected chi connectivity index (χ1v) is 10.4. The van der Waals surface area contributed by atoms with Crippen molar-refractivity contribution in [2.45, 2.75) is 25.6 Å². The summed E-state index contributed by atoms with van der Waals surface area (Å²) in [5, 5.41) is 0. The van der Waals surface area contributed by atoms with Gasteiger partial charge in [-0.05, 0) is 28.8 Å². The van der Waals surface area contributed by atoms with Crippen LogP contribution in [0, 0.1) is 0 Å². The number of aromatic nitrogens is 2. The van der Waals surface area contributed by atoms with E-state index in [1.807, 2.05) is 54.6 Å². The number of aromatic amines is 1. The average molecular weight is 426 g/mol. The molecule has 0 saturated carbocycles. The van der Waals surface area contributed by atoms with Gasteiger partial charge < -0.3 is 15.5 Å². The van der Waals surface area contributed by atoms with Crippen molar-refractivity contribution in [1.29, 1.82) is 0 Å². The summed E-state index contributed by atoms with van der Waals surface area (Å²) in [7, 11) is 0. The Kier molecular flexibility index (Phi) is 5.07. The number of para-hydroxylation sites is 1. The molecule has 5 rings (SSSR count). The number of fused-ring (bicyclic) bond motifs is 2. The van der Waals surface area contributed by atoms with E-state index in [-0.39, 0.29) is 12.6 Å². The number of nitrogens with two attached hydrogens (primary N) is 1. The predicted octanol–water partition coefficient (Wildman–Crippen LogP) is 4.10. The Morgan fingerprint density at radius 2 is 1.75 bits per heavy atom. The number of nitrogens with zero attached hydrogens (tertiary/aromatic N) is 2. The summed E-state index contributed by atoms with van der Waals surface area (Å²) >= 11 is 0. The fourth-order valence-corrected chi connectivity index (χ4v) is 4.17. The minimum absolute atomic E-state index is 0.191. The third-order valence-corrected chi connectivity index (χ3v) is 5.80. The Balaban J connectivity index is 1.49. The molecule has 0 saturated heterocycles. The fourth-order valence-electron chi connectivity index (χ4n) is 4.17. The number of H-pyrrole nitrogens is 1. The minimum atomic E-state index is -0.540. The van der Waals surface area contributed by atoms with Crippen LogP contribution < -0.4 is 5.73 Å². The van der Waals surface area contributed by atoms with Gasteiger partial charge in [0, 0.05) is 6.42 Å². The number of amides is 2. The Labute approximate surface area is 184 Å². The Morgan fingerprint density at radius 3 is 2.53 bits per heavy atom. The molecule has 0 unspecified atom stereocenters. The molecular weight excluding hydrogens is 404 g/mol. The van der Waals surface area contributed by atoms with Crippen LogP contribution in [0.2, 0.25) is 0 Å². The zero-order chi connectivity index (χ0) is 22.1. The van der Waals surface area contributed by atoms with Gasteiger partial charge in [-0.25, -0.2) is 9.78 Å². The molecule has 1 aromatic heterocycles. The molecule has 3 N–H and O–H groups in total. The van der Waals surface area contributed by atoms with Crippen molar-refractivity contribution in [3.63, 3.8) is 0 Å². The highest BCUT2D eigenvalue weighted by atomic mass is 16.6. The molecule has 0 bridgehead atoms. The summed E-state index contributed by atoms with van der Waals surface area (Å²) in [6.45, 7) is 0.602. The Morgan fingerprint density at radius 1 is 1.00 bits per heavy atom. The molecule has 0 fully saturated rings. The van der Waals surface area contributed by atoms with E-state index in [0.29, 0.717) is 35.4 Å². The maximum absolute atomic E-state index is 13.1. The SMILES string of the molecule is NC(=O)c1cccc2[nH]c([C@@H]3Cc4ccccc4CN3C(=O)OCc3ccccc3)nc12. The van der Waals surface area contributed by atoms with Gasteiger partial charge in [0.15, 0.2) is 0 Å². The molecule has 1 atom stereocenters. The van der Waals surface area contributed by atoms with Gasteiger partial charge in [0.2, 0.25) is 0 Å². The lowest BCUT2D eigenvalue weighted by Gasteiger charge is -2.35. The van der Waals surface area contributed by atoms with Crippen molar-refractivity contribution in [1.82, 2.24) is 14.9 Å². The highest BCUT2D eigenvalue weighted by Gasteiger charge is 2.34. The highest BCUT2D eigenvalue weighted by Crippen LogP contribution is 2.34. The van der Waals surface area contributed by atoms with Gasteiger partial charge in [0.25, 0.3) is 5.91 Å². The summed E-state index contributed by atoms with van der Waals surface area (Å²) in [5.41, 5.74) is 10.2. The molecule has 0 spiro atoms. The van der Waals surface area contributed by atoms with Gasteiger partial charge in [-0.1, -0.05) is 60.7 Å². The van der Waals surface area contributed by atoms with Crippen LogP contribution in [-0.4, -0.2) is 26.9 Å². The second kappa shape index (κ2) is 8.19. The number of hydrogen-bond acceptors (Lipinski definition) is 4. The van der Waals surface area contributed by atoms with Gasteiger partial charge in [-0.2, -0.15) is 0 Å². The normalized spacial score (nSPS) is 15.4. The molecule has 2 amide bonds. The number of benzene rings is 3. The molecule has 3 aromatic carbocycles. The highest BCUT2D eigenvalue weighted by molar-refractivity contribution is 6.04. The summed E-state index contributed by atoms with van der Waals surface area (Å²) in [6, 6.07) is 22.5. The van der Waals surface area contributed by atoms with Crippen molar-refractivity contribution in [2.24, 2.45) is 5.73 Å². The minimum Gasteiger partial charge on any atom is -0.445 e. The first kappa shape index (κ1) is 19.8. The second-order valence-electron chi connectivity index (χ2n) is 7.84. The molecule has 7 nitrogen and oxygen atoms in total. The van der Waals surface area contributed by atoms with Crippen molar-refractivity contribution in [3.05, 3.63) is 101 Å². The van der Waals surface area contributed by atoms with Crippen molar-refractivity contribution >= 4 is 23.0 Å². The van der Waals surface area contributed by atoms with E-state index in [2.05, 4.69) is 16.0 Å². The van der Waals surface area contributed by atoms with Gasteiger partial charge in [-0.15, -0.1) is 0 Å².